The molecular formula is C16H17BrN2O3. The summed E-state index contributed by atoms with van der Waals surface area (Å²) in [5.74, 6) is -0.332. The van der Waals surface area contributed by atoms with Crippen LogP contribution in [0.1, 0.15) is 29.6 Å². The van der Waals surface area contributed by atoms with Crippen LogP contribution in [0, 0.1) is 0 Å². The quantitative estimate of drug-likeness (QED) is 0.672. The van der Waals surface area contributed by atoms with Crippen LogP contribution in [-0.4, -0.2) is 41.8 Å². The van der Waals surface area contributed by atoms with Crippen molar-refractivity contribution in [3.05, 3.63) is 28.4 Å². The lowest BCUT2D eigenvalue weighted by atomic mass is 10.1. The molecule has 0 unspecified atom stereocenters. The molecule has 5 nitrogen and oxygen atoms in total. The highest BCUT2D eigenvalue weighted by atomic mass is 79.9. The monoisotopic (exact) mass is 364 g/mol. The number of aromatic amines is 1. The molecule has 2 heterocycles. The second kappa shape index (κ2) is 6.12. The Bertz CT molecular complexity index is 732. The molecule has 1 fully saturated rings. The number of carbonyl (C=O) groups excluding carboxylic acids is 2. The molecule has 1 aromatic heterocycles. The molecule has 0 atom stereocenters. The second-order valence-electron chi connectivity index (χ2n) is 5.38. The highest BCUT2D eigenvalue weighted by Gasteiger charge is 2.27. The van der Waals surface area contributed by atoms with Crippen molar-refractivity contribution in [1.82, 2.24) is 9.88 Å². The number of rotatable bonds is 3. The van der Waals surface area contributed by atoms with E-state index in [1.807, 2.05) is 6.07 Å². The molecule has 2 aromatic rings. The molecule has 0 spiro atoms. The first kappa shape index (κ1) is 15.1. The van der Waals surface area contributed by atoms with Crippen LogP contribution in [-0.2, 0) is 4.79 Å². The van der Waals surface area contributed by atoms with Gasteiger partial charge in [0.05, 0.1) is 23.6 Å². The predicted molar refractivity (Wildman–Crippen MR) is 87.3 cm³/mol. The Balaban J connectivity index is 2.00. The van der Waals surface area contributed by atoms with Gasteiger partial charge < -0.3 is 14.6 Å². The van der Waals surface area contributed by atoms with E-state index < -0.39 is 11.7 Å². The zero-order chi connectivity index (χ0) is 15.7. The number of nitrogens with zero attached hydrogens (tertiary/aromatic N) is 1. The maximum Gasteiger partial charge on any atom is 0.295 e. The van der Waals surface area contributed by atoms with Gasteiger partial charge >= 0.3 is 0 Å². The first-order chi connectivity index (χ1) is 10.6. The number of amides is 1. The summed E-state index contributed by atoms with van der Waals surface area (Å²) in [7, 11) is 1.55. The van der Waals surface area contributed by atoms with Crippen molar-refractivity contribution in [2.24, 2.45) is 0 Å². The van der Waals surface area contributed by atoms with Crippen molar-refractivity contribution < 1.29 is 14.3 Å². The summed E-state index contributed by atoms with van der Waals surface area (Å²) >= 11 is 3.44. The molecule has 1 aliphatic rings. The average molecular weight is 365 g/mol. The molecule has 1 amide bonds. The molecule has 1 aliphatic heterocycles. The number of Topliss-reactive ketones (excluding diaryl/α,β-unsaturated/α-hetero) is 1. The molecule has 6 heteroatoms. The highest BCUT2D eigenvalue weighted by molar-refractivity contribution is 9.10. The predicted octanol–water partition coefficient (Wildman–Crippen LogP) is 3.13. The van der Waals surface area contributed by atoms with Crippen molar-refractivity contribution in [2.45, 2.75) is 19.3 Å². The lowest BCUT2D eigenvalue weighted by Crippen LogP contribution is -2.40. The number of hydrogen-bond donors (Lipinski definition) is 1. The summed E-state index contributed by atoms with van der Waals surface area (Å²) < 4.78 is 6.17. The van der Waals surface area contributed by atoms with Crippen LogP contribution in [0.25, 0.3) is 10.9 Å². The van der Waals surface area contributed by atoms with E-state index >= 15 is 0 Å². The van der Waals surface area contributed by atoms with E-state index in [2.05, 4.69) is 20.9 Å². The third-order valence-electron chi connectivity index (χ3n) is 4.05. The molecule has 1 aromatic carbocycles. The highest BCUT2D eigenvalue weighted by Crippen LogP contribution is 2.34. The zero-order valence-corrected chi connectivity index (χ0v) is 13.9. The topological polar surface area (TPSA) is 62.4 Å². The number of benzene rings is 1. The van der Waals surface area contributed by atoms with Gasteiger partial charge in [0.2, 0.25) is 0 Å². The van der Waals surface area contributed by atoms with Crippen LogP contribution in [0.15, 0.2) is 22.8 Å². The van der Waals surface area contributed by atoms with Crippen LogP contribution in [0.4, 0.5) is 0 Å². The van der Waals surface area contributed by atoms with Gasteiger partial charge in [-0.15, -0.1) is 0 Å². The number of methoxy groups -OCH3 is 1. The number of carbonyl (C=O) groups is 2. The number of halogens is 1. The summed E-state index contributed by atoms with van der Waals surface area (Å²) in [6, 6.07) is 3.63. The maximum atomic E-state index is 12.6. The molecular weight excluding hydrogens is 348 g/mol. The van der Waals surface area contributed by atoms with Gasteiger partial charge in [-0.1, -0.05) is 0 Å². The minimum absolute atomic E-state index is 0.365. The molecule has 0 radical (unpaired) electrons. The Kier molecular flexibility index (Phi) is 4.20. The summed E-state index contributed by atoms with van der Waals surface area (Å²) in [4.78, 5) is 29.8. The van der Waals surface area contributed by atoms with Crippen LogP contribution in [0.3, 0.4) is 0 Å². The van der Waals surface area contributed by atoms with Crippen LogP contribution >= 0.6 is 15.9 Å². The number of ketones is 1. The van der Waals surface area contributed by atoms with Crippen LogP contribution in [0.5, 0.6) is 5.75 Å². The van der Waals surface area contributed by atoms with Gasteiger partial charge in [-0.05, 0) is 47.3 Å². The van der Waals surface area contributed by atoms with Gasteiger partial charge in [0.25, 0.3) is 11.7 Å². The molecule has 1 N–H and O–H groups in total. The molecule has 116 valence electrons. The van der Waals surface area contributed by atoms with E-state index in [-0.39, 0.29) is 0 Å². The molecule has 3 rings (SSSR count). The van der Waals surface area contributed by atoms with E-state index in [1.54, 1.807) is 24.3 Å². The number of piperidine rings is 1. The van der Waals surface area contributed by atoms with Gasteiger partial charge in [0.15, 0.2) is 0 Å². The van der Waals surface area contributed by atoms with Gasteiger partial charge in [0, 0.05) is 23.8 Å². The van der Waals surface area contributed by atoms with E-state index in [0.717, 1.165) is 29.3 Å². The van der Waals surface area contributed by atoms with Crippen molar-refractivity contribution in [2.75, 3.05) is 20.2 Å². The molecule has 0 saturated carbocycles. The fraction of sp³-hybridized carbons (Fsp3) is 0.375. The fourth-order valence-corrected chi connectivity index (χ4v) is 3.33. The van der Waals surface area contributed by atoms with Crippen molar-refractivity contribution >= 4 is 38.5 Å². The van der Waals surface area contributed by atoms with Crippen molar-refractivity contribution in [3.63, 3.8) is 0 Å². The molecule has 0 bridgehead atoms. The van der Waals surface area contributed by atoms with Gasteiger partial charge in [-0.25, -0.2) is 0 Å². The Morgan fingerprint density at radius 1 is 1.23 bits per heavy atom. The van der Waals surface area contributed by atoms with Gasteiger partial charge in [0.1, 0.15) is 5.75 Å². The normalized spacial score (nSPS) is 15.1. The van der Waals surface area contributed by atoms with Gasteiger partial charge in [-0.3, -0.25) is 9.59 Å². The Morgan fingerprint density at radius 3 is 2.64 bits per heavy atom. The summed E-state index contributed by atoms with van der Waals surface area (Å²) in [6.45, 7) is 1.32. The van der Waals surface area contributed by atoms with Crippen LogP contribution < -0.4 is 4.74 Å². The second-order valence-corrected chi connectivity index (χ2v) is 6.24. The number of H-pyrrole nitrogens is 1. The smallest absolute Gasteiger partial charge is 0.295 e. The first-order valence-electron chi connectivity index (χ1n) is 7.30. The molecule has 0 aliphatic carbocycles. The van der Waals surface area contributed by atoms with Crippen molar-refractivity contribution in [1.29, 1.82) is 0 Å². The van der Waals surface area contributed by atoms with Gasteiger partial charge in [-0.2, -0.15) is 0 Å². The Hall–Kier alpha value is -1.82. The SMILES string of the molecule is COc1ccc(Br)c2[nH]cc(C(=O)C(=O)N3CCCCC3)c12. The summed E-state index contributed by atoms with van der Waals surface area (Å²) in [5.41, 5.74) is 1.12. The average Bonchev–Trinajstić information content (AvgIpc) is 3.01. The number of hydrogen-bond acceptors (Lipinski definition) is 3. The number of fused-ring (bicyclic) bond motifs is 1. The lowest BCUT2D eigenvalue weighted by Gasteiger charge is -2.25. The molecule has 1 saturated heterocycles. The number of ether oxygens (including phenoxy) is 1. The lowest BCUT2D eigenvalue weighted by molar-refractivity contribution is -0.127. The van der Waals surface area contributed by atoms with Crippen LogP contribution in [0.2, 0.25) is 0 Å². The zero-order valence-electron chi connectivity index (χ0n) is 12.3. The Morgan fingerprint density at radius 2 is 1.95 bits per heavy atom. The standard InChI is InChI=1S/C16H17BrN2O3/c1-22-12-6-5-11(17)14-13(12)10(9-18-14)15(20)16(21)19-7-3-2-4-8-19/h5-6,9,18H,2-4,7-8H2,1H3. The van der Waals surface area contributed by atoms with E-state index in [4.69, 9.17) is 4.74 Å². The maximum absolute atomic E-state index is 12.6. The van der Waals surface area contributed by atoms with E-state index in [9.17, 15) is 9.59 Å². The van der Waals surface area contributed by atoms with Crippen molar-refractivity contribution in [3.8, 4) is 5.75 Å². The largest absolute Gasteiger partial charge is 0.496 e. The third-order valence-corrected chi connectivity index (χ3v) is 4.71. The third kappa shape index (κ3) is 2.52. The minimum atomic E-state index is -0.482. The Labute approximate surface area is 136 Å². The first-order valence-corrected chi connectivity index (χ1v) is 8.10. The molecule has 22 heavy (non-hydrogen) atoms. The van der Waals surface area contributed by atoms with E-state index in [0.29, 0.717) is 29.8 Å². The number of nitrogens with one attached hydrogen (secondary N) is 1. The summed E-state index contributed by atoms with van der Waals surface area (Å²) in [5, 5.41) is 0.646. The minimum Gasteiger partial charge on any atom is -0.496 e. The fourth-order valence-electron chi connectivity index (χ4n) is 2.89. The number of aromatic nitrogens is 1. The summed E-state index contributed by atoms with van der Waals surface area (Å²) in [6.07, 6.45) is 4.62. The van der Waals surface area contributed by atoms with E-state index in [1.165, 1.54) is 0 Å². The number of likely N-dealkylation sites (tertiary alicyclic amines) is 1.